The van der Waals surface area contributed by atoms with Crippen molar-refractivity contribution in [1.82, 2.24) is 24.3 Å². The molecule has 2 N–H and O–H groups in total. The van der Waals surface area contributed by atoms with Crippen molar-refractivity contribution < 1.29 is 9.90 Å². The van der Waals surface area contributed by atoms with Gasteiger partial charge in [0.1, 0.15) is 0 Å². The Morgan fingerprint density at radius 1 is 1.28 bits per heavy atom. The summed E-state index contributed by atoms with van der Waals surface area (Å²) in [6.07, 6.45) is 5.12. The highest BCUT2D eigenvalue weighted by molar-refractivity contribution is 5.95. The number of imidazole rings is 1. The van der Waals surface area contributed by atoms with Crippen molar-refractivity contribution in [3.63, 3.8) is 0 Å². The molecule has 4 rings (SSSR count). The van der Waals surface area contributed by atoms with Crippen LogP contribution in [0.3, 0.4) is 0 Å². The molecule has 0 spiro atoms. The molecule has 29 heavy (non-hydrogen) atoms. The summed E-state index contributed by atoms with van der Waals surface area (Å²) in [6, 6.07) is 11.0. The maximum Gasteiger partial charge on any atom is 0.280 e. The van der Waals surface area contributed by atoms with E-state index in [-0.39, 0.29) is 0 Å². The number of aryl methyl sites for hydroxylation is 1. The molecule has 0 fully saturated rings. The number of aliphatic hydroxyl groups is 1. The Labute approximate surface area is 167 Å². The number of hydrogen-bond acceptors (Lipinski definition) is 4. The summed E-state index contributed by atoms with van der Waals surface area (Å²) in [5, 5.41) is 14.5. The van der Waals surface area contributed by atoms with Gasteiger partial charge in [-0.15, -0.1) is 0 Å². The summed E-state index contributed by atoms with van der Waals surface area (Å²) in [6.45, 7) is 3.73. The fourth-order valence-electron chi connectivity index (χ4n) is 3.19. The summed E-state index contributed by atoms with van der Waals surface area (Å²) in [4.78, 5) is 24.7. The van der Waals surface area contributed by atoms with Crippen LogP contribution in [-0.2, 0) is 13.6 Å². The lowest BCUT2D eigenvalue weighted by Crippen LogP contribution is -2.32. The molecule has 8 nitrogen and oxygen atoms in total. The fraction of sp³-hybridized carbons (Fsp3) is 0.238. The number of rotatable bonds is 4. The van der Waals surface area contributed by atoms with Crippen molar-refractivity contribution in [2.75, 3.05) is 0 Å². The second kappa shape index (κ2) is 7.14. The quantitative estimate of drug-likeness (QED) is 0.558. The van der Waals surface area contributed by atoms with Gasteiger partial charge in [-0.05, 0) is 38.1 Å². The van der Waals surface area contributed by atoms with Crippen molar-refractivity contribution in [1.29, 1.82) is 0 Å². The predicted octanol–water partition coefficient (Wildman–Crippen LogP) is 2.28. The molecular weight excluding hydrogens is 368 g/mol. The normalized spacial score (nSPS) is 12.6. The number of carbonyl (C=O) groups excluding carboxylic acids is 1. The van der Waals surface area contributed by atoms with E-state index in [1.165, 1.54) is 0 Å². The zero-order valence-electron chi connectivity index (χ0n) is 16.5. The SMILES string of the molecule is Cn1cc(-c2cc(C(=O)/N=c3\[nH]c4ccccc4n3CC(C)(C)O)ccn2)cn1. The van der Waals surface area contributed by atoms with E-state index in [9.17, 15) is 9.90 Å². The molecule has 0 saturated heterocycles. The molecule has 0 atom stereocenters. The van der Waals surface area contributed by atoms with Gasteiger partial charge in [0.25, 0.3) is 5.91 Å². The van der Waals surface area contributed by atoms with Crippen LogP contribution >= 0.6 is 0 Å². The number of fused-ring (bicyclic) bond motifs is 1. The molecule has 8 heteroatoms. The summed E-state index contributed by atoms with van der Waals surface area (Å²) in [5.41, 5.74) is 3.03. The van der Waals surface area contributed by atoms with Crippen LogP contribution in [0.2, 0.25) is 0 Å². The number of benzene rings is 1. The largest absolute Gasteiger partial charge is 0.389 e. The van der Waals surface area contributed by atoms with Gasteiger partial charge in [0, 0.05) is 30.6 Å². The Hall–Kier alpha value is -3.52. The Kier molecular flexibility index (Phi) is 4.63. The molecule has 0 saturated carbocycles. The Bertz CT molecular complexity index is 1260. The molecule has 3 aromatic heterocycles. The number of pyridine rings is 1. The minimum absolute atomic E-state index is 0.292. The third kappa shape index (κ3) is 4.02. The molecule has 148 valence electrons. The van der Waals surface area contributed by atoms with E-state index >= 15 is 0 Å². The second-order valence-corrected chi connectivity index (χ2v) is 7.61. The Morgan fingerprint density at radius 2 is 2.07 bits per heavy atom. The van der Waals surface area contributed by atoms with E-state index in [0.29, 0.717) is 23.4 Å². The van der Waals surface area contributed by atoms with Crippen LogP contribution in [0.15, 0.2) is 60.0 Å². The smallest absolute Gasteiger partial charge is 0.280 e. The lowest BCUT2D eigenvalue weighted by Gasteiger charge is -2.18. The van der Waals surface area contributed by atoms with E-state index in [0.717, 1.165) is 16.6 Å². The van der Waals surface area contributed by atoms with Crippen LogP contribution in [0.1, 0.15) is 24.2 Å². The minimum Gasteiger partial charge on any atom is -0.389 e. The minimum atomic E-state index is -0.965. The number of para-hydroxylation sites is 2. The topological polar surface area (TPSA) is 101 Å². The van der Waals surface area contributed by atoms with Gasteiger partial charge in [-0.1, -0.05) is 12.1 Å². The van der Waals surface area contributed by atoms with Crippen LogP contribution in [0, 0.1) is 0 Å². The first kappa shape index (κ1) is 18.8. The van der Waals surface area contributed by atoms with E-state index in [2.05, 4.69) is 20.1 Å². The third-order valence-electron chi connectivity index (χ3n) is 4.46. The van der Waals surface area contributed by atoms with Gasteiger partial charge in [-0.2, -0.15) is 10.1 Å². The van der Waals surface area contributed by atoms with Gasteiger partial charge in [-0.25, -0.2) is 0 Å². The lowest BCUT2D eigenvalue weighted by atomic mass is 10.1. The maximum atomic E-state index is 12.9. The highest BCUT2D eigenvalue weighted by Crippen LogP contribution is 2.17. The van der Waals surface area contributed by atoms with E-state index < -0.39 is 11.5 Å². The number of aromatic amines is 1. The number of nitrogens with one attached hydrogen (secondary N) is 1. The van der Waals surface area contributed by atoms with E-state index in [1.807, 2.05) is 42.1 Å². The van der Waals surface area contributed by atoms with Gasteiger partial charge in [0.05, 0.1) is 35.1 Å². The number of hydrogen-bond donors (Lipinski definition) is 2. The van der Waals surface area contributed by atoms with Gasteiger partial charge in [0.2, 0.25) is 5.62 Å². The molecule has 1 amide bonds. The van der Waals surface area contributed by atoms with Crippen molar-refractivity contribution >= 4 is 16.9 Å². The van der Waals surface area contributed by atoms with E-state index in [4.69, 9.17) is 0 Å². The third-order valence-corrected chi connectivity index (χ3v) is 4.46. The molecule has 0 aliphatic carbocycles. The molecule has 0 radical (unpaired) electrons. The maximum absolute atomic E-state index is 12.9. The van der Waals surface area contributed by atoms with Crippen LogP contribution < -0.4 is 5.62 Å². The summed E-state index contributed by atoms with van der Waals surface area (Å²) in [7, 11) is 1.82. The van der Waals surface area contributed by atoms with Crippen molar-refractivity contribution in [3.8, 4) is 11.3 Å². The molecule has 0 aliphatic rings. The first-order valence-corrected chi connectivity index (χ1v) is 9.24. The molecule has 0 aliphatic heterocycles. The van der Waals surface area contributed by atoms with Crippen LogP contribution in [0.5, 0.6) is 0 Å². The predicted molar refractivity (Wildman–Crippen MR) is 109 cm³/mol. The van der Waals surface area contributed by atoms with Crippen molar-refractivity contribution in [2.45, 2.75) is 26.0 Å². The molecule has 3 heterocycles. The molecular formula is C21H22N6O2. The summed E-state index contributed by atoms with van der Waals surface area (Å²) >= 11 is 0. The van der Waals surface area contributed by atoms with Crippen LogP contribution in [0.4, 0.5) is 0 Å². The second-order valence-electron chi connectivity index (χ2n) is 7.61. The number of amides is 1. The summed E-state index contributed by atoms with van der Waals surface area (Å²) < 4.78 is 3.50. The number of aromatic nitrogens is 5. The fourth-order valence-corrected chi connectivity index (χ4v) is 3.19. The van der Waals surface area contributed by atoms with Gasteiger partial charge >= 0.3 is 0 Å². The number of carbonyl (C=O) groups is 1. The number of H-pyrrole nitrogens is 1. The average Bonchev–Trinajstić information content (AvgIpc) is 3.25. The van der Waals surface area contributed by atoms with Crippen molar-refractivity contribution in [3.05, 3.63) is 66.2 Å². The summed E-state index contributed by atoms with van der Waals surface area (Å²) in [5.74, 6) is -0.395. The Morgan fingerprint density at radius 3 is 2.79 bits per heavy atom. The molecule has 1 aromatic carbocycles. The molecule has 0 unspecified atom stereocenters. The lowest BCUT2D eigenvalue weighted by molar-refractivity contribution is 0.0612. The van der Waals surface area contributed by atoms with E-state index in [1.54, 1.807) is 43.1 Å². The van der Waals surface area contributed by atoms with Crippen LogP contribution in [-0.4, -0.2) is 40.9 Å². The van der Waals surface area contributed by atoms with Gasteiger partial charge < -0.3 is 14.7 Å². The van der Waals surface area contributed by atoms with Crippen LogP contribution in [0.25, 0.3) is 22.3 Å². The van der Waals surface area contributed by atoms with Gasteiger partial charge in [0.15, 0.2) is 0 Å². The average molecular weight is 390 g/mol. The first-order chi connectivity index (χ1) is 13.8. The standard InChI is InChI=1S/C21H22N6O2/c1-21(2,29)13-27-18-7-5-4-6-16(18)24-20(27)25-19(28)14-8-9-22-17(10-14)15-11-23-26(3)12-15/h4-12,29H,13H2,1-3H3,(H,24,25,28). The molecule has 4 aromatic rings. The van der Waals surface area contributed by atoms with Gasteiger partial charge in [-0.3, -0.25) is 14.5 Å². The monoisotopic (exact) mass is 390 g/mol. The molecule has 0 bridgehead atoms. The zero-order valence-corrected chi connectivity index (χ0v) is 16.5. The highest BCUT2D eigenvalue weighted by atomic mass is 16.3. The first-order valence-electron chi connectivity index (χ1n) is 9.24. The Balaban J connectivity index is 1.77. The number of nitrogens with zero attached hydrogens (tertiary/aromatic N) is 5. The van der Waals surface area contributed by atoms with Crippen molar-refractivity contribution in [2.24, 2.45) is 12.0 Å². The zero-order chi connectivity index (χ0) is 20.6. The highest BCUT2D eigenvalue weighted by Gasteiger charge is 2.17.